The van der Waals surface area contributed by atoms with Crippen molar-refractivity contribution in [2.45, 2.75) is 183 Å². The van der Waals surface area contributed by atoms with E-state index in [2.05, 4.69) is 59.0 Å². The van der Waals surface area contributed by atoms with Gasteiger partial charge in [0.05, 0.1) is 19.6 Å². The average molecular weight is 1350 g/mol. The van der Waals surface area contributed by atoms with E-state index in [0.717, 1.165) is 0 Å². The predicted octanol–water partition coefficient (Wildman–Crippen LogP) is -7.06. The number of thioether (sulfide) groups is 1. The van der Waals surface area contributed by atoms with Crippen LogP contribution in [-0.2, 0) is 75.2 Å². The van der Waals surface area contributed by atoms with Gasteiger partial charge < -0.3 is 81.0 Å². The fraction of sp³-hybridized carbons (Fsp3) is 0.587. The molecule has 2 heterocycles. The van der Waals surface area contributed by atoms with Gasteiger partial charge in [-0.2, -0.15) is 11.8 Å². The lowest BCUT2D eigenvalue weighted by atomic mass is 10.0. The van der Waals surface area contributed by atoms with Crippen molar-refractivity contribution in [2.75, 3.05) is 44.7 Å². The molecule has 0 bridgehead atoms. The Balaban J connectivity index is 1.56. The molecule has 32 heteroatoms. The second-order valence-corrected chi connectivity index (χ2v) is 25.3. The smallest absolute Gasteiger partial charge is 0.338 e. The van der Waals surface area contributed by atoms with Crippen molar-refractivity contribution in [2.24, 2.45) is 34.6 Å². The van der Waals surface area contributed by atoms with Crippen LogP contribution in [0.2, 0.25) is 0 Å². The molecule has 2 fully saturated rings. The van der Waals surface area contributed by atoms with Crippen molar-refractivity contribution < 1.29 is 78.8 Å². The highest BCUT2D eigenvalue weighted by Crippen LogP contribution is 2.23. The quantitative estimate of drug-likeness (QED) is 0.0167. The van der Waals surface area contributed by atoms with Crippen LogP contribution in [-0.4, -0.2) is 198 Å². The van der Waals surface area contributed by atoms with E-state index in [1.165, 1.54) is 21.6 Å². The summed E-state index contributed by atoms with van der Waals surface area (Å²) in [4.78, 5) is 184. The number of nitrogens with zero attached hydrogens (tertiary/aromatic N) is 2. The van der Waals surface area contributed by atoms with Crippen LogP contribution in [0, 0.1) is 5.92 Å². The van der Waals surface area contributed by atoms with Gasteiger partial charge in [-0.1, -0.05) is 74.5 Å². The van der Waals surface area contributed by atoms with Crippen LogP contribution in [0.25, 0.3) is 0 Å². The Morgan fingerprint density at radius 1 is 0.547 bits per heavy atom. The van der Waals surface area contributed by atoms with Crippen molar-refractivity contribution in [3.05, 3.63) is 71.8 Å². The molecule has 0 aromatic heterocycles. The third kappa shape index (κ3) is 27.5. The zero-order valence-corrected chi connectivity index (χ0v) is 55.6. The number of guanidine groups is 1. The maximum Gasteiger partial charge on any atom is 0.338 e. The number of likely N-dealkylation sites (tertiary alicyclic amines) is 2. The molecule has 2 aliphatic rings. The lowest BCUT2D eigenvalue weighted by Crippen LogP contribution is -2.78. The van der Waals surface area contributed by atoms with Gasteiger partial charge >= 0.3 is 5.96 Å². The first kappa shape index (κ1) is 78.5. The third-order valence-electron chi connectivity index (χ3n) is 16.2. The second kappa shape index (κ2) is 41.0. The molecule has 95 heavy (non-hydrogen) atoms. The highest BCUT2D eigenvalue weighted by Gasteiger charge is 2.43. The first-order chi connectivity index (χ1) is 45.2. The summed E-state index contributed by atoms with van der Waals surface area (Å²) in [5.41, 5.74) is 36.7. The van der Waals surface area contributed by atoms with Gasteiger partial charge in [0.1, 0.15) is 54.4 Å². The summed E-state index contributed by atoms with van der Waals surface area (Å²) >= 11 is 1.46. The van der Waals surface area contributed by atoms with Crippen LogP contribution < -0.4 is 87.7 Å². The minimum Gasteiger partial charge on any atom is -0.370 e. The Hall–Kier alpha value is -8.91. The molecule has 25 N–H and O–H groups in total. The second-order valence-electron chi connectivity index (χ2n) is 24.4. The van der Waals surface area contributed by atoms with Gasteiger partial charge in [-0.05, 0) is 106 Å². The monoisotopic (exact) mass is 1350 g/mol. The average Bonchev–Trinajstić information content (AvgIpc) is 1.74. The Bertz CT molecular complexity index is 2960. The summed E-state index contributed by atoms with van der Waals surface area (Å²) in [7, 11) is 0. The zero-order chi connectivity index (χ0) is 70.1. The van der Waals surface area contributed by atoms with Crippen LogP contribution in [0.3, 0.4) is 0 Å². The SMILES string of the molecule is CSCC[C@@H](NC(=O)[C@H](CC(C)C)NC(=O)CNC(=O)[C@H](Cc1ccccc1)NC(=O)[C@H](Cc1ccccc1)NC(=O)[C@H](CCC(N)=O)NC(=O)[C@H](CCC(N)=O)NC(=O)[C@@H]1CCCN1C(=O)[C@H](CCCC[NH3+])NC(=O)[C@@H]1CCCN1C(=O)[C@@H]([NH3+])CCC[NH+]=C(N)N)C(N)=O. The van der Waals surface area contributed by atoms with Gasteiger partial charge in [0.15, 0.2) is 6.04 Å². The molecule has 2 saturated heterocycles. The zero-order valence-electron chi connectivity index (χ0n) is 54.8. The van der Waals surface area contributed by atoms with Crippen molar-refractivity contribution in [3.63, 3.8) is 0 Å². The van der Waals surface area contributed by atoms with Crippen molar-refractivity contribution in [1.82, 2.24) is 52.3 Å². The molecule has 0 radical (unpaired) electrons. The van der Waals surface area contributed by atoms with Crippen LogP contribution >= 0.6 is 11.8 Å². The maximum atomic E-state index is 14.7. The van der Waals surface area contributed by atoms with E-state index in [1.807, 2.05) is 20.1 Å². The Morgan fingerprint density at radius 2 is 1.02 bits per heavy atom. The molecule has 4 rings (SSSR count). The predicted molar refractivity (Wildman–Crippen MR) is 352 cm³/mol. The molecular weight excluding hydrogens is 1250 g/mol. The summed E-state index contributed by atoms with van der Waals surface area (Å²) < 4.78 is 0. The number of unbranched alkanes of at least 4 members (excludes halogenated alkanes) is 1. The standard InChI is InChI=1S/C63H98N18O13S/c1-37(2)33-45(57(89)74-41(53(68)85)27-32-95-3)73-52(84)36-72-54(86)46(34-38-15-6-4-7-16-38)78-58(90)47(35-39-17-8-5-9-18-39)79-56(88)42(23-25-50(66)82)75-55(87)43(24-26-51(67)83)76-59(91)49-22-14-31-81(49)62(94)44(20-10-11-28-64)77-60(92)48-21-13-30-80(48)61(93)40(65)19-12-29-71-63(69)70/h4-9,15-18,37,40-49H,10-14,19-36,64-65H2,1-3H3,(H2,66,82)(H2,67,83)(H2,68,85)(H,72,86)(H,73,84)(H,74,89)(H,75,87)(H,76,91)(H,77,92)(H,78,90)(H,79,88)(H4,69,70,71)/p+3/t40-,41+,42-,43-,44-,45-,46-,47-,48-,49-/m0/s1. The molecule has 524 valence electrons. The van der Waals surface area contributed by atoms with E-state index in [9.17, 15) is 62.3 Å². The van der Waals surface area contributed by atoms with E-state index in [-0.39, 0.29) is 69.3 Å². The van der Waals surface area contributed by atoms with Crippen molar-refractivity contribution in [3.8, 4) is 0 Å². The number of carbonyl (C=O) groups excluding carboxylic acids is 13. The number of hydrogen-bond acceptors (Lipinski definition) is 14. The van der Waals surface area contributed by atoms with Gasteiger partial charge in [-0.3, -0.25) is 78.8 Å². The van der Waals surface area contributed by atoms with Gasteiger partial charge in [-0.15, -0.1) is 0 Å². The number of benzene rings is 2. The lowest BCUT2D eigenvalue weighted by Gasteiger charge is -2.31. The molecule has 13 amide bonds. The van der Waals surface area contributed by atoms with Crippen molar-refractivity contribution in [1.29, 1.82) is 0 Å². The number of nitrogens with one attached hydrogen (secondary N) is 9. The Kier molecular flexibility index (Phi) is 33.9. The number of primary amides is 3. The molecule has 0 spiro atoms. The van der Waals surface area contributed by atoms with Crippen LogP contribution in [0.4, 0.5) is 0 Å². The summed E-state index contributed by atoms with van der Waals surface area (Å²) in [6.07, 6.45) is 3.83. The van der Waals surface area contributed by atoms with Gasteiger partial charge in [0, 0.05) is 45.2 Å². The third-order valence-corrected chi connectivity index (χ3v) is 16.8. The molecule has 10 atom stereocenters. The fourth-order valence-electron chi connectivity index (χ4n) is 11.1. The molecule has 2 aliphatic heterocycles. The first-order valence-corrected chi connectivity index (χ1v) is 33.8. The fourth-order valence-corrected chi connectivity index (χ4v) is 11.6. The number of hydrogen-bond donors (Lipinski definition) is 16. The number of nitrogens with two attached hydrogens (primary N) is 5. The molecule has 0 saturated carbocycles. The van der Waals surface area contributed by atoms with Gasteiger partial charge in [-0.25, -0.2) is 0 Å². The lowest BCUT2D eigenvalue weighted by molar-refractivity contribution is -0.463. The highest BCUT2D eigenvalue weighted by molar-refractivity contribution is 7.98. The first-order valence-electron chi connectivity index (χ1n) is 32.4. The molecule has 0 aliphatic carbocycles. The summed E-state index contributed by atoms with van der Waals surface area (Å²) in [6.45, 7) is 4.38. The van der Waals surface area contributed by atoms with Gasteiger partial charge in [0.2, 0.25) is 70.9 Å². The van der Waals surface area contributed by atoms with E-state index < -0.39 is 157 Å². The van der Waals surface area contributed by atoms with E-state index in [4.69, 9.17) is 28.7 Å². The number of carbonyl (C=O) groups is 13. The summed E-state index contributed by atoms with van der Waals surface area (Å²) in [5.74, 6) is -9.36. The number of rotatable bonds is 42. The topological polar surface area (TPSA) is 524 Å². The van der Waals surface area contributed by atoms with Crippen molar-refractivity contribution >= 4 is 94.5 Å². The Labute approximate surface area is 558 Å². The highest BCUT2D eigenvalue weighted by atomic mass is 32.2. The molecule has 31 nitrogen and oxygen atoms in total. The minimum absolute atomic E-state index is 0.0470. The normalized spacial score (nSPS) is 16.8. The van der Waals surface area contributed by atoms with E-state index in [1.54, 1.807) is 60.7 Å². The maximum absolute atomic E-state index is 14.7. The molecular formula is C63H101N18O13S+3. The summed E-state index contributed by atoms with van der Waals surface area (Å²) in [5, 5.41) is 21.2. The van der Waals surface area contributed by atoms with E-state index in [0.29, 0.717) is 81.5 Å². The molecule has 2 aromatic carbocycles. The molecule has 2 aromatic rings. The number of quaternary nitrogens is 2. The molecule has 0 unspecified atom stereocenters. The summed E-state index contributed by atoms with van der Waals surface area (Å²) in [6, 6.07) is 5.00. The number of amides is 13. The largest absolute Gasteiger partial charge is 0.370 e. The van der Waals surface area contributed by atoms with E-state index >= 15 is 0 Å². The van der Waals surface area contributed by atoms with Crippen LogP contribution in [0.1, 0.15) is 121 Å². The van der Waals surface area contributed by atoms with Crippen LogP contribution in [0.15, 0.2) is 60.7 Å². The Morgan fingerprint density at radius 3 is 1.52 bits per heavy atom. The minimum atomic E-state index is -1.63. The van der Waals surface area contributed by atoms with Gasteiger partial charge in [0.25, 0.3) is 5.91 Å². The van der Waals surface area contributed by atoms with Crippen LogP contribution in [0.5, 0.6) is 0 Å².